The minimum Gasteiger partial charge on any atom is -0.510 e. The fourth-order valence-electron chi connectivity index (χ4n) is 6.77. The number of fused-ring (bicyclic) bond motifs is 3. The number of benzene rings is 4. The molecule has 0 aliphatic heterocycles. The van der Waals surface area contributed by atoms with E-state index in [1.165, 1.54) is 11.1 Å². The summed E-state index contributed by atoms with van der Waals surface area (Å²) in [6.45, 7) is 26.8. The number of hydrogen-bond acceptors (Lipinski definition) is 2. The topological polar surface area (TPSA) is 35.9 Å². The van der Waals surface area contributed by atoms with Crippen molar-refractivity contribution in [3.8, 4) is 28.7 Å². The Morgan fingerprint density at radius 1 is 0.611 bits per heavy atom. The van der Waals surface area contributed by atoms with E-state index in [2.05, 4.69) is 200 Å². The number of pyridine rings is 1. The molecule has 0 amide bonds. The van der Waals surface area contributed by atoms with E-state index in [4.69, 9.17) is 9.72 Å². The van der Waals surface area contributed by atoms with Crippen molar-refractivity contribution in [3.63, 3.8) is 0 Å². The second kappa shape index (κ2) is 14.0. The van der Waals surface area contributed by atoms with Gasteiger partial charge in [-0.15, -0.1) is 29.7 Å². The van der Waals surface area contributed by atoms with Gasteiger partial charge >= 0.3 is 0 Å². The van der Waals surface area contributed by atoms with E-state index < -0.39 is 0 Å². The molecule has 0 aliphatic rings. The molecule has 3 aromatic heterocycles. The van der Waals surface area contributed by atoms with Crippen LogP contribution in [-0.2, 0) is 42.7 Å². The van der Waals surface area contributed by atoms with Crippen LogP contribution in [-0.4, -0.2) is 14.1 Å². The van der Waals surface area contributed by atoms with Crippen LogP contribution in [0.2, 0.25) is 0 Å². The van der Waals surface area contributed by atoms with Crippen LogP contribution in [0.3, 0.4) is 0 Å². The molecule has 0 radical (unpaired) electrons. The SMILES string of the molecule is CC(C)(C)c1cc(Oc2[c-]c3c(cc2)c2ccccc2n3-c2cc(C(C)(C)C)ccn2)[c-]c(-n2[c-][n+](-c3cccc(C(C)(C)C)c3)c(C(C)(C)C)c2)c1.[Pt]. The van der Waals surface area contributed by atoms with E-state index >= 15 is 0 Å². The van der Waals surface area contributed by atoms with Crippen molar-refractivity contribution in [3.05, 3.63) is 138 Å². The first-order valence-corrected chi connectivity index (χ1v) is 18.6. The maximum absolute atomic E-state index is 6.71. The molecule has 6 heteroatoms. The van der Waals surface area contributed by atoms with Gasteiger partial charge in [0.1, 0.15) is 5.82 Å². The van der Waals surface area contributed by atoms with Crippen molar-refractivity contribution in [2.24, 2.45) is 0 Å². The van der Waals surface area contributed by atoms with Crippen LogP contribution >= 0.6 is 0 Å². The van der Waals surface area contributed by atoms with Crippen molar-refractivity contribution in [2.45, 2.75) is 105 Å². The first kappa shape index (κ1) is 39.2. The number of aromatic nitrogens is 4. The van der Waals surface area contributed by atoms with Gasteiger partial charge in [-0.1, -0.05) is 119 Å². The molecule has 7 rings (SSSR count). The molecule has 7 aromatic rings. The van der Waals surface area contributed by atoms with Crippen molar-refractivity contribution in [2.75, 3.05) is 0 Å². The van der Waals surface area contributed by atoms with Crippen molar-refractivity contribution < 1.29 is 30.4 Å². The molecule has 282 valence electrons. The molecule has 0 bridgehead atoms. The zero-order valence-electron chi connectivity index (χ0n) is 33.8. The molecule has 0 unspecified atom stereocenters. The zero-order valence-corrected chi connectivity index (χ0v) is 36.0. The summed E-state index contributed by atoms with van der Waals surface area (Å²) < 4.78 is 13.2. The molecule has 4 aromatic carbocycles. The van der Waals surface area contributed by atoms with Gasteiger partial charge in [-0.05, 0) is 74.2 Å². The van der Waals surface area contributed by atoms with Crippen molar-refractivity contribution >= 4 is 21.8 Å². The number of nitrogens with zero attached hydrogens (tertiary/aromatic N) is 4. The van der Waals surface area contributed by atoms with Gasteiger partial charge in [0.05, 0.1) is 11.4 Å². The monoisotopic (exact) mass is 895 g/mol. The summed E-state index contributed by atoms with van der Waals surface area (Å²) >= 11 is 0. The van der Waals surface area contributed by atoms with E-state index in [1.54, 1.807) is 0 Å². The molecule has 0 spiro atoms. The first-order chi connectivity index (χ1) is 24.8. The summed E-state index contributed by atoms with van der Waals surface area (Å²) in [7, 11) is 0. The minimum atomic E-state index is -0.136. The number of imidazole rings is 1. The number of para-hydroxylation sites is 1. The molecule has 0 aliphatic carbocycles. The van der Waals surface area contributed by atoms with Crippen LogP contribution in [0.5, 0.6) is 11.5 Å². The predicted molar refractivity (Wildman–Crippen MR) is 217 cm³/mol. The molecular formula is C48H52N4OPt-2. The van der Waals surface area contributed by atoms with Crippen LogP contribution in [0.15, 0.2) is 97.3 Å². The Morgan fingerprint density at radius 2 is 1.30 bits per heavy atom. The van der Waals surface area contributed by atoms with Gasteiger partial charge in [0.25, 0.3) is 6.33 Å². The second-order valence-corrected chi connectivity index (χ2v) is 18.4. The number of ether oxygens (including phenoxy) is 1. The molecule has 0 fully saturated rings. The summed E-state index contributed by atoms with van der Waals surface area (Å²) in [4.78, 5) is 4.85. The Bertz CT molecular complexity index is 2470. The maximum Gasteiger partial charge on any atom is 0.267 e. The molecule has 5 nitrogen and oxygen atoms in total. The second-order valence-electron chi connectivity index (χ2n) is 18.4. The number of rotatable bonds is 5. The zero-order chi connectivity index (χ0) is 38.1. The van der Waals surface area contributed by atoms with Crippen LogP contribution in [0.4, 0.5) is 0 Å². The van der Waals surface area contributed by atoms with Gasteiger partial charge in [0.2, 0.25) is 0 Å². The fraction of sp³-hybridized carbons (Fsp3) is 0.333. The quantitative estimate of drug-likeness (QED) is 0.127. The fourth-order valence-corrected chi connectivity index (χ4v) is 6.77. The largest absolute Gasteiger partial charge is 0.510 e. The van der Waals surface area contributed by atoms with Gasteiger partial charge in [-0.25, -0.2) is 4.98 Å². The Labute approximate surface area is 336 Å². The Hall–Kier alpha value is -4.47. The van der Waals surface area contributed by atoms with E-state index in [-0.39, 0.29) is 42.7 Å². The third-order valence-electron chi connectivity index (χ3n) is 10.0. The van der Waals surface area contributed by atoms with E-state index in [0.29, 0.717) is 11.5 Å². The molecular weight excluding hydrogens is 844 g/mol. The van der Waals surface area contributed by atoms with Crippen LogP contribution in [0, 0.1) is 18.5 Å². The summed E-state index contributed by atoms with van der Waals surface area (Å²) in [5.74, 6) is 2.10. The van der Waals surface area contributed by atoms with Gasteiger partial charge in [0.15, 0.2) is 0 Å². The van der Waals surface area contributed by atoms with Crippen LogP contribution < -0.4 is 9.30 Å². The smallest absolute Gasteiger partial charge is 0.267 e. The summed E-state index contributed by atoms with van der Waals surface area (Å²) in [6, 6.07) is 37.2. The standard InChI is InChI=1S/C48H52N4O.Pt/c1-45(2,3)32-16-15-17-35(24-32)51-31-50(30-43(51)48(10,11)12)36-25-34(47(7,8)9)26-38(28-36)53-37-20-21-40-39-18-13-14-19-41(39)52(42(40)29-37)44-27-33(22-23-49-44)46(4,5)6;/h13-27,30H,1-12H3;/q-2;. The minimum absolute atomic E-state index is 0. The van der Waals surface area contributed by atoms with Gasteiger partial charge in [-0.3, -0.25) is 4.57 Å². The molecule has 3 heterocycles. The molecule has 54 heavy (non-hydrogen) atoms. The third-order valence-corrected chi connectivity index (χ3v) is 10.0. The number of hydrogen-bond donors (Lipinski definition) is 0. The Kier molecular flexibility index (Phi) is 10.2. The van der Waals surface area contributed by atoms with Gasteiger partial charge < -0.3 is 13.9 Å². The van der Waals surface area contributed by atoms with E-state index in [9.17, 15) is 0 Å². The summed E-state index contributed by atoms with van der Waals surface area (Å²) in [5, 5.41) is 2.25. The molecule has 0 saturated heterocycles. The van der Waals surface area contributed by atoms with Crippen LogP contribution in [0.25, 0.3) is 39.0 Å². The predicted octanol–water partition coefficient (Wildman–Crippen LogP) is 11.6. The van der Waals surface area contributed by atoms with Gasteiger partial charge in [-0.2, -0.15) is 17.7 Å². The summed E-state index contributed by atoms with van der Waals surface area (Å²) in [5.41, 5.74) is 8.49. The average molecular weight is 896 g/mol. The molecule has 0 atom stereocenters. The van der Waals surface area contributed by atoms with Gasteiger partial charge in [0, 0.05) is 50.5 Å². The van der Waals surface area contributed by atoms with Crippen molar-refractivity contribution in [1.82, 2.24) is 14.1 Å². The Morgan fingerprint density at radius 3 is 1.98 bits per heavy atom. The normalized spacial score (nSPS) is 12.7. The molecule has 0 saturated carbocycles. The molecule has 0 N–H and O–H groups in total. The van der Waals surface area contributed by atoms with E-state index in [0.717, 1.165) is 50.3 Å². The average Bonchev–Trinajstić information content (AvgIpc) is 3.68. The first-order valence-electron chi connectivity index (χ1n) is 18.6. The third kappa shape index (κ3) is 7.71. The van der Waals surface area contributed by atoms with E-state index in [1.807, 2.05) is 12.3 Å². The van der Waals surface area contributed by atoms with Crippen LogP contribution in [0.1, 0.15) is 105 Å². The van der Waals surface area contributed by atoms with Crippen molar-refractivity contribution in [1.29, 1.82) is 0 Å². The maximum atomic E-state index is 6.71. The Balaban J connectivity index is 0.00000497. The summed E-state index contributed by atoms with van der Waals surface area (Å²) in [6.07, 6.45) is 7.76.